The Kier molecular flexibility index (Phi) is 3.80. The molecule has 1 aromatic carbocycles. The van der Waals surface area contributed by atoms with Crippen LogP contribution >= 0.6 is 27.5 Å². The van der Waals surface area contributed by atoms with Crippen molar-refractivity contribution >= 4 is 43.2 Å². The number of nitrogens with one attached hydrogen (secondary N) is 1. The van der Waals surface area contributed by atoms with Crippen LogP contribution in [0, 0.1) is 6.92 Å². The number of rotatable bonds is 3. The summed E-state index contributed by atoms with van der Waals surface area (Å²) in [5, 5.41) is 0.428. The lowest BCUT2D eigenvalue weighted by atomic mass is 10.2. The van der Waals surface area contributed by atoms with Crippen LogP contribution in [0.5, 0.6) is 0 Å². The van der Waals surface area contributed by atoms with Gasteiger partial charge in [0.15, 0.2) is 0 Å². The first-order chi connectivity index (χ1) is 6.46. The van der Waals surface area contributed by atoms with Gasteiger partial charge in [0.25, 0.3) is 0 Å². The molecular weight excluding hydrogens is 290 g/mol. The summed E-state index contributed by atoms with van der Waals surface area (Å²) in [6, 6.07) is 5.18. The Morgan fingerprint density at radius 1 is 1.50 bits per heavy atom. The molecule has 1 aromatic rings. The van der Waals surface area contributed by atoms with Crippen LogP contribution in [0.25, 0.3) is 0 Å². The van der Waals surface area contributed by atoms with Gasteiger partial charge in [-0.15, -0.1) is 0 Å². The van der Waals surface area contributed by atoms with E-state index in [2.05, 4.69) is 20.7 Å². The van der Waals surface area contributed by atoms with Gasteiger partial charge >= 0.3 is 0 Å². The van der Waals surface area contributed by atoms with Crippen LogP contribution in [0.15, 0.2) is 18.2 Å². The Bertz CT molecular complexity index is 433. The van der Waals surface area contributed by atoms with Crippen LogP contribution in [0.1, 0.15) is 5.56 Å². The van der Waals surface area contributed by atoms with E-state index in [0.29, 0.717) is 10.7 Å². The molecule has 0 aliphatic heterocycles. The highest BCUT2D eigenvalue weighted by molar-refractivity contribution is 9.10. The van der Waals surface area contributed by atoms with Crippen molar-refractivity contribution in [1.29, 1.82) is 0 Å². The van der Waals surface area contributed by atoms with Crippen LogP contribution in [-0.2, 0) is 10.0 Å². The molecule has 0 unspecified atom stereocenters. The first-order valence-corrected chi connectivity index (χ1v) is 6.93. The van der Waals surface area contributed by atoms with Gasteiger partial charge in [-0.25, -0.2) is 8.42 Å². The number of sulfonamides is 1. The molecule has 0 atom stereocenters. The summed E-state index contributed by atoms with van der Waals surface area (Å²) in [6.45, 7) is 1.81. The largest absolute Gasteiger partial charge is 0.281 e. The van der Waals surface area contributed by atoms with Crippen molar-refractivity contribution in [2.45, 2.75) is 6.92 Å². The Hall–Kier alpha value is -0.260. The Morgan fingerprint density at radius 3 is 2.71 bits per heavy atom. The third kappa shape index (κ3) is 2.87. The zero-order chi connectivity index (χ0) is 10.8. The fraction of sp³-hybridized carbons (Fsp3) is 0.250. The first-order valence-electron chi connectivity index (χ1n) is 3.78. The second kappa shape index (κ2) is 4.51. The van der Waals surface area contributed by atoms with Crippen molar-refractivity contribution in [3.8, 4) is 0 Å². The van der Waals surface area contributed by atoms with Crippen molar-refractivity contribution in [3.63, 3.8) is 0 Å². The maximum absolute atomic E-state index is 11.2. The maximum Gasteiger partial charge on any atom is 0.242 e. The second-order valence-corrected chi connectivity index (χ2v) is 6.17. The van der Waals surface area contributed by atoms with Gasteiger partial charge in [0.05, 0.1) is 10.7 Å². The summed E-state index contributed by atoms with van der Waals surface area (Å²) in [6.07, 6.45) is 0. The molecule has 78 valence electrons. The lowest BCUT2D eigenvalue weighted by Gasteiger charge is -2.08. The Balaban J connectivity index is 3.05. The average Bonchev–Trinajstić information content (AvgIpc) is 2.13. The van der Waals surface area contributed by atoms with Crippen LogP contribution in [-0.4, -0.2) is 13.1 Å². The molecule has 0 spiro atoms. The number of hydrogen-bond acceptors (Lipinski definition) is 2. The molecule has 1 N–H and O–H groups in total. The molecule has 0 saturated carbocycles. The summed E-state index contributed by atoms with van der Waals surface area (Å²) < 4.78 is 24.7. The van der Waals surface area contributed by atoms with E-state index in [1.165, 1.54) is 0 Å². The smallest absolute Gasteiger partial charge is 0.242 e. The monoisotopic (exact) mass is 297 g/mol. The van der Waals surface area contributed by atoms with Gasteiger partial charge in [-0.3, -0.25) is 4.72 Å². The maximum atomic E-state index is 11.2. The number of benzene rings is 1. The van der Waals surface area contributed by atoms with E-state index in [9.17, 15) is 8.42 Å². The molecule has 0 aliphatic rings. The van der Waals surface area contributed by atoms with Gasteiger partial charge in [0.1, 0.15) is 4.66 Å². The topological polar surface area (TPSA) is 46.2 Å². The van der Waals surface area contributed by atoms with Crippen molar-refractivity contribution in [2.24, 2.45) is 0 Å². The van der Waals surface area contributed by atoms with E-state index in [-0.39, 0.29) is 4.66 Å². The minimum atomic E-state index is -3.33. The normalized spacial score (nSPS) is 11.4. The first kappa shape index (κ1) is 11.8. The summed E-state index contributed by atoms with van der Waals surface area (Å²) in [5.74, 6) is 0. The van der Waals surface area contributed by atoms with E-state index in [4.69, 9.17) is 11.6 Å². The quantitative estimate of drug-likeness (QED) is 0.872. The summed E-state index contributed by atoms with van der Waals surface area (Å²) in [4.78, 5) is 0. The van der Waals surface area contributed by atoms with Gasteiger partial charge in [0.2, 0.25) is 10.0 Å². The van der Waals surface area contributed by atoms with E-state index in [0.717, 1.165) is 5.56 Å². The molecule has 6 heteroatoms. The number of alkyl halides is 1. The molecule has 0 saturated heterocycles. The predicted molar refractivity (Wildman–Crippen MR) is 62.5 cm³/mol. The zero-order valence-electron chi connectivity index (χ0n) is 7.42. The SMILES string of the molecule is Cc1cccc(NS(=O)(=O)CBr)c1Cl. The molecular formula is C8H9BrClNO2S. The van der Waals surface area contributed by atoms with E-state index >= 15 is 0 Å². The molecule has 0 aliphatic carbocycles. The summed E-state index contributed by atoms with van der Waals surface area (Å²) in [5.41, 5.74) is 1.24. The third-order valence-electron chi connectivity index (χ3n) is 1.60. The number of anilines is 1. The highest BCUT2D eigenvalue weighted by Crippen LogP contribution is 2.26. The predicted octanol–water partition coefficient (Wildman–Crippen LogP) is 2.74. The van der Waals surface area contributed by atoms with Crippen molar-refractivity contribution in [1.82, 2.24) is 0 Å². The van der Waals surface area contributed by atoms with E-state index < -0.39 is 10.0 Å². The fourth-order valence-corrected chi connectivity index (χ4v) is 2.05. The number of hydrogen-bond donors (Lipinski definition) is 1. The molecule has 1 rings (SSSR count). The van der Waals surface area contributed by atoms with E-state index in [1.807, 2.05) is 13.0 Å². The van der Waals surface area contributed by atoms with Gasteiger partial charge in [-0.05, 0) is 18.6 Å². The van der Waals surface area contributed by atoms with Gasteiger partial charge < -0.3 is 0 Å². The van der Waals surface area contributed by atoms with Crippen LogP contribution in [0.4, 0.5) is 5.69 Å². The molecule has 0 heterocycles. The number of halogens is 2. The molecule has 0 bridgehead atoms. The minimum Gasteiger partial charge on any atom is -0.281 e. The lowest BCUT2D eigenvalue weighted by molar-refractivity contribution is 0.606. The lowest BCUT2D eigenvalue weighted by Crippen LogP contribution is -2.13. The standard InChI is InChI=1S/C8H9BrClNO2S/c1-6-3-2-4-7(8(6)10)11-14(12,13)5-9/h2-4,11H,5H2,1H3. The van der Waals surface area contributed by atoms with Crippen LogP contribution in [0.2, 0.25) is 5.02 Å². The minimum absolute atomic E-state index is 0.149. The van der Waals surface area contributed by atoms with Crippen molar-refractivity contribution in [2.75, 3.05) is 9.38 Å². The highest BCUT2D eigenvalue weighted by atomic mass is 79.9. The van der Waals surface area contributed by atoms with E-state index in [1.54, 1.807) is 12.1 Å². The summed E-state index contributed by atoms with van der Waals surface area (Å²) in [7, 11) is -3.33. The zero-order valence-corrected chi connectivity index (χ0v) is 10.6. The summed E-state index contributed by atoms with van der Waals surface area (Å²) >= 11 is 8.79. The molecule has 0 amide bonds. The van der Waals surface area contributed by atoms with Crippen molar-refractivity contribution < 1.29 is 8.42 Å². The molecule has 14 heavy (non-hydrogen) atoms. The Labute approximate surface area is 96.6 Å². The molecule has 0 aromatic heterocycles. The highest BCUT2D eigenvalue weighted by Gasteiger charge is 2.10. The van der Waals surface area contributed by atoms with Gasteiger partial charge in [0, 0.05) is 0 Å². The van der Waals surface area contributed by atoms with Gasteiger partial charge in [-0.1, -0.05) is 39.7 Å². The number of aryl methyl sites for hydroxylation is 1. The Morgan fingerprint density at radius 2 is 2.14 bits per heavy atom. The molecule has 0 radical (unpaired) electrons. The van der Waals surface area contributed by atoms with Crippen LogP contribution in [0.3, 0.4) is 0 Å². The van der Waals surface area contributed by atoms with Crippen molar-refractivity contribution in [3.05, 3.63) is 28.8 Å². The second-order valence-electron chi connectivity index (χ2n) is 2.76. The van der Waals surface area contributed by atoms with Gasteiger partial charge in [-0.2, -0.15) is 0 Å². The fourth-order valence-electron chi connectivity index (χ4n) is 0.921. The third-order valence-corrected chi connectivity index (χ3v) is 4.73. The molecule has 3 nitrogen and oxygen atoms in total. The van der Waals surface area contributed by atoms with Crippen LogP contribution < -0.4 is 4.72 Å². The molecule has 0 fully saturated rings. The average molecular weight is 299 g/mol.